The van der Waals surface area contributed by atoms with Crippen molar-refractivity contribution in [1.29, 1.82) is 0 Å². The summed E-state index contributed by atoms with van der Waals surface area (Å²) in [6.45, 7) is 2.68. The smallest absolute Gasteiger partial charge is 0.321 e. The van der Waals surface area contributed by atoms with Crippen LogP contribution in [0.3, 0.4) is 0 Å². The summed E-state index contributed by atoms with van der Waals surface area (Å²) in [4.78, 5) is 35.4. The summed E-state index contributed by atoms with van der Waals surface area (Å²) in [5.41, 5.74) is 8.53. The molecule has 1 aromatic heterocycles. The topological polar surface area (TPSA) is 137 Å². The average molecular weight is 582 g/mol. The number of aromatic nitrogens is 2. The van der Waals surface area contributed by atoms with Gasteiger partial charge >= 0.3 is 6.03 Å². The molecule has 0 unspecified atom stereocenters. The second kappa shape index (κ2) is 13.7. The molecule has 3 aromatic rings. The molecule has 3 amide bonds. The first kappa shape index (κ1) is 27.3. The summed E-state index contributed by atoms with van der Waals surface area (Å²) < 4.78 is 0.726. The predicted octanol–water partition coefficient (Wildman–Crippen LogP) is 4.10. The van der Waals surface area contributed by atoms with Gasteiger partial charge in [-0.3, -0.25) is 4.79 Å². The zero-order valence-corrected chi connectivity index (χ0v) is 22.7. The van der Waals surface area contributed by atoms with Crippen LogP contribution in [0.5, 0.6) is 0 Å². The maximum Gasteiger partial charge on any atom is 0.321 e. The van der Waals surface area contributed by atoms with Crippen molar-refractivity contribution >= 4 is 51.0 Å². The fourth-order valence-electron chi connectivity index (χ4n) is 4.08. The third-order valence-corrected chi connectivity index (χ3v) is 6.67. The molecule has 10 nitrogen and oxygen atoms in total. The SMILES string of the molecule is N[C@H](Cc1ccccc1)C(=O)NCCCNc1nc(Nc2cccc(NC(=O)N3CCCC3)c2)ncc1Br. The molecule has 1 aliphatic heterocycles. The minimum absolute atomic E-state index is 0.0830. The van der Waals surface area contributed by atoms with Crippen LogP contribution in [0.2, 0.25) is 0 Å². The largest absolute Gasteiger partial charge is 0.369 e. The molecule has 1 aliphatic rings. The van der Waals surface area contributed by atoms with Gasteiger partial charge in [0.25, 0.3) is 0 Å². The Balaban J connectivity index is 1.22. The molecule has 2 heterocycles. The highest BCUT2D eigenvalue weighted by Gasteiger charge is 2.18. The highest BCUT2D eigenvalue weighted by Crippen LogP contribution is 2.23. The second-order valence-electron chi connectivity index (χ2n) is 9.09. The molecule has 1 fully saturated rings. The van der Waals surface area contributed by atoms with Crippen molar-refractivity contribution in [3.05, 3.63) is 70.8 Å². The van der Waals surface area contributed by atoms with E-state index >= 15 is 0 Å². The number of nitrogens with zero attached hydrogens (tertiary/aromatic N) is 3. The van der Waals surface area contributed by atoms with Crippen LogP contribution >= 0.6 is 15.9 Å². The van der Waals surface area contributed by atoms with Gasteiger partial charge in [-0.15, -0.1) is 0 Å². The van der Waals surface area contributed by atoms with Gasteiger partial charge in [0.15, 0.2) is 0 Å². The van der Waals surface area contributed by atoms with E-state index in [-0.39, 0.29) is 11.9 Å². The van der Waals surface area contributed by atoms with Crippen LogP contribution in [0.15, 0.2) is 65.3 Å². The lowest BCUT2D eigenvalue weighted by Crippen LogP contribution is -2.42. The van der Waals surface area contributed by atoms with Crippen LogP contribution in [0.4, 0.5) is 27.9 Å². The number of likely N-dealkylation sites (tertiary alicyclic amines) is 1. The first-order valence-corrected chi connectivity index (χ1v) is 13.5. The van der Waals surface area contributed by atoms with E-state index in [4.69, 9.17) is 5.73 Å². The van der Waals surface area contributed by atoms with Crippen LogP contribution in [0, 0.1) is 0 Å². The summed E-state index contributed by atoms with van der Waals surface area (Å²) in [6, 6.07) is 16.5. The van der Waals surface area contributed by atoms with E-state index in [1.54, 1.807) is 6.20 Å². The van der Waals surface area contributed by atoms with E-state index in [0.29, 0.717) is 43.4 Å². The fourth-order valence-corrected chi connectivity index (χ4v) is 4.41. The average Bonchev–Trinajstić information content (AvgIpc) is 3.46. The molecule has 0 bridgehead atoms. The van der Waals surface area contributed by atoms with Gasteiger partial charge < -0.3 is 31.9 Å². The highest BCUT2D eigenvalue weighted by molar-refractivity contribution is 9.10. The van der Waals surface area contributed by atoms with E-state index in [1.807, 2.05) is 59.5 Å². The van der Waals surface area contributed by atoms with E-state index in [0.717, 1.165) is 41.7 Å². The lowest BCUT2D eigenvalue weighted by Gasteiger charge is -2.16. The second-order valence-corrected chi connectivity index (χ2v) is 9.94. The Kier molecular flexibility index (Phi) is 9.88. The maximum atomic E-state index is 12.4. The molecule has 2 aromatic carbocycles. The Morgan fingerprint density at radius 3 is 2.58 bits per heavy atom. The van der Waals surface area contributed by atoms with Crippen molar-refractivity contribution in [2.75, 3.05) is 42.1 Å². The molecular weight excluding hydrogens is 548 g/mol. The number of halogens is 1. The van der Waals surface area contributed by atoms with Crippen LogP contribution in [-0.4, -0.2) is 59.0 Å². The predicted molar refractivity (Wildman–Crippen MR) is 154 cm³/mol. The number of carbonyl (C=O) groups is 2. The van der Waals surface area contributed by atoms with Crippen LogP contribution in [-0.2, 0) is 11.2 Å². The normalized spacial score (nSPS) is 13.6. The third-order valence-electron chi connectivity index (χ3n) is 6.09. The summed E-state index contributed by atoms with van der Waals surface area (Å²) >= 11 is 3.48. The Morgan fingerprint density at radius 1 is 1.03 bits per heavy atom. The van der Waals surface area contributed by atoms with Gasteiger partial charge in [0.2, 0.25) is 11.9 Å². The molecular formula is C27H33BrN8O2. The molecule has 4 rings (SSSR count). The molecule has 0 radical (unpaired) electrons. The molecule has 1 atom stereocenters. The molecule has 200 valence electrons. The quantitative estimate of drug-likeness (QED) is 0.215. The number of nitrogens with one attached hydrogen (secondary N) is 4. The summed E-state index contributed by atoms with van der Waals surface area (Å²) in [6.07, 6.45) is 4.96. The molecule has 1 saturated heterocycles. The van der Waals surface area contributed by atoms with Crippen molar-refractivity contribution in [3.8, 4) is 0 Å². The van der Waals surface area contributed by atoms with Crippen molar-refractivity contribution in [2.45, 2.75) is 31.7 Å². The van der Waals surface area contributed by atoms with Gasteiger partial charge in [0, 0.05) is 43.8 Å². The first-order chi connectivity index (χ1) is 18.5. The number of nitrogens with two attached hydrogens (primary N) is 1. The van der Waals surface area contributed by atoms with Gasteiger partial charge in [-0.05, 0) is 65.4 Å². The number of anilines is 4. The van der Waals surface area contributed by atoms with Crippen molar-refractivity contribution < 1.29 is 9.59 Å². The lowest BCUT2D eigenvalue weighted by atomic mass is 10.1. The number of amides is 3. The first-order valence-electron chi connectivity index (χ1n) is 12.7. The van der Waals surface area contributed by atoms with Gasteiger partial charge in [-0.2, -0.15) is 4.98 Å². The van der Waals surface area contributed by atoms with Gasteiger partial charge in [-0.1, -0.05) is 36.4 Å². The number of hydrogen-bond donors (Lipinski definition) is 5. The van der Waals surface area contributed by atoms with Gasteiger partial charge in [0.1, 0.15) is 5.82 Å². The Bertz CT molecular complexity index is 1220. The number of benzene rings is 2. The monoisotopic (exact) mass is 580 g/mol. The molecule has 11 heteroatoms. The number of urea groups is 1. The molecule has 38 heavy (non-hydrogen) atoms. The van der Waals surface area contributed by atoms with Gasteiger partial charge in [0.05, 0.1) is 10.5 Å². The minimum Gasteiger partial charge on any atom is -0.369 e. The standard InChI is InChI=1S/C27H33BrN8O2/c28-22-18-32-26(33-20-10-6-11-21(17-20)34-27(38)36-14-4-5-15-36)35-24(22)30-12-7-13-31-25(37)23(29)16-19-8-2-1-3-9-19/h1-3,6,8-11,17-18,23H,4-5,7,12-16,29H2,(H,31,37)(H,34,38)(H2,30,32,33,35)/t23-/m1/s1. The van der Waals surface area contributed by atoms with Crippen molar-refractivity contribution in [3.63, 3.8) is 0 Å². The van der Waals surface area contributed by atoms with Crippen molar-refractivity contribution in [2.24, 2.45) is 5.73 Å². The van der Waals surface area contributed by atoms with Crippen molar-refractivity contribution in [1.82, 2.24) is 20.2 Å². The van der Waals surface area contributed by atoms with E-state index < -0.39 is 6.04 Å². The molecule has 6 N–H and O–H groups in total. The molecule has 0 spiro atoms. The minimum atomic E-state index is -0.581. The molecule has 0 saturated carbocycles. The van der Waals surface area contributed by atoms with Gasteiger partial charge in [-0.25, -0.2) is 9.78 Å². The Morgan fingerprint density at radius 2 is 1.79 bits per heavy atom. The van der Waals surface area contributed by atoms with E-state index in [2.05, 4.69) is 47.2 Å². The number of rotatable bonds is 11. The third kappa shape index (κ3) is 8.15. The molecule has 0 aliphatic carbocycles. The van der Waals surface area contributed by atoms with Crippen LogP contribution in [0.25, 0.3) is 0 Å². The summed E-state index contributed by atoms with van der Waals surface area (Å²) in [5, 5.41) is 12.3. The zero-order chi connectivity index (χ0) is 26.7. The maximum absolute atomic E-state index is 12.4. The number of hydrogen-bond acceptors (Lipinski definition) is 7. The summed E-state index contributed by atoms with van der Waals surface area (Å²) in [7, 11) is 0. The highest BCUT2D eigenvalue weighted by atomic mass is 79.9. The lowest BCUT2D eigenvalue weighted by molar-refractivity contribution is -0.122. The summed E-state index contributed by atoms with van der Waals surface area (Å²) in [5.74, 6) is 0.884. The fraction of sp³-hybridized carbons (Fsp3) is 0.333. The Hall–Kier alpha value is -3.70. The zero-order valence-electron chi connectivity index (χ0n) is 21.1. The van der Waals surface area contributed by atoms with E-state index in [9.17, 15) is 9.59 Å². The van der Waals surface area contributed by atoms with Crippen LogP contribution in [0.1, 0.15) is 24.8 Å². The van der Waals surface area contributed by atoms with E-state index in [1.165, 1.54) is 0 Å². The van der Waals surface area contributed by atoms with Crippen LogP contribution < -0.4 is 27.0 Å². The number of carbonyl (C=O) groups excluding carboxylic acids is 2. The Labute approximate surface area is 230 Å².